The van der Waals surface area contributed by atoms with Crippen LogP contribution in [-0.4, -0.2) is 23.7 Å². The van der Waals surface area contributed by atoms with E-state index in [9.17, 15) is 0 Å². The minimum Gasteiger partial charge on any atom is -0.368 e. The number of benzene rings is 2. The van der Waals surface area contributed by atoms with Gasteiger partial charge in [-0.1, -0.05) is 41.9 Å². The van der Waals surface area contributed by atoms with Crippen LogP contribution in [0, 0.1) is 0 Å². The SMILES string of the molecule is CN1N=C(c2ccccc2)c2cc(Cl)ccc2N=C1N. The van der Waals surface area contributed by atoms with Gasteiger partial charge in [0, 0.05) is 23.2 Å². The molecule has 0 spiro atoms. The highest BCUT2D eigenvalue weighted by molar-refractivity contribution is 6.31. The van der Waals surface area contributed by atoms with Crippen molar-refractivity contribution in [3.8, 4) is 0 Å². The fourth-order valence-electron chi connectivity index (χ4n) is 2.06. The van der Waals surface area contributed by atoms with Gasteiger partial charge in [0.2, 0.25) is 5.96 Å². The van der Waals surface area contributed by atoms with Crippen molar-refractivity contribution >= 4 is 29.0 Å². The Morgan fingerprint density at radius 3 is 2.60 bits per heavy atom. The van der Waals surface area contributed by atoms with Gasteiger partial charge in [-0.25, -0.2) is 10.0 Å². The summed E-state index contributed by atoms with van der Waals surface area (Å²) in [4.78, 5) is 4.38. The van der Waals surface area contributed by atoms with Gasteiger partial charge in [0.15, 0.2) is 0 Å². The third-order valence-corrected chi connectivity index (χ3v) is 3.31. The van der Waals surface area contributed by atoms with Crippen molar-refractivity contribution in [3.05, 3.63) is 64.7 Å². The van der Waals surface area contributed by atoms with Crippen LogP contribution < -0.4 is 5.73 Å². The summed E-state index contributed by atoms with van der Waals surface area (Å²) in [5.74, 6) is 0.347. The van der Waals surface area contributed by atoms with Gasteiger partial charge in [-0.2, -0.15) is 5.10 Å². The number of hydrogen-bond donors (Lipinski definition) is 1. The van der Waals surface area contributed by atoms with E-state index in [1.54, 1.807) is 18.1 Å². The van der Waals surface area contributed by atoms with Crippen molar-refractivity contribution < 1.29 is 0 Å². The Hall–Kier alpha value is -2.33. The lowest BCUT2D eigenvalue weighted by Gasteiger charge is -2.11. The molecule has 20 heavy (non-hydrogen) atoms. The first-order valence-corrected chi connectivity index (χ1v) is 6.55. The second kappa shape index (κ2) is 4.98. The zero-order chi connectivity index (χ0) is 14.1. The van der Waals surface area contributed by atoms with Crippen LogP contribution in [0.1, 0.15) is 11.1 Å². The van der Waals surface area contributed by atoms with Crippen LogP contribution in [-0.2, 0) is 0 Å². The average Bonchev–Trinajstić information content (AvgIpc) is 2.58. The highest BCUT2D eigenvalue weighted by Gasteiger charge is 2.18. The Balaban J connectivity index is 2.25. The van der Waals surface area contributed by atoms with Crippen LogP contribution >= 0.6 is 11.6 Å². The number of fused-ring (bicyclic) bond motifs is 1. The summed E-state index contributed by atoms with van der Waals surface area (Å²) in [5.41, 5.74) is 9.34. The minimum absolute atomic E-state index is 0.347. The number of guanidine groups is 1. The Kier molecular flexibility index (Phi) is 3.16. The van der Waals surface area contributed by atoms with Crippen LogP contribution in [0.5, 0.6) is 0 Å². The van der Waals surface area contributed by atoms with E-state index in [4.69, 9.17) is 17.3 Å². The molecule has 0 fully saturated rings. The van der Waals surface area contributed by atoms with Gasteiger partial charge in [0.1, 0.15) is 5.71 Å². The largest absolute Gasteiger partial charge is 0.368 e. The first kappa shape index (κ1) is 12.7. The zero-order valence-electron chi connectivity index (χ0n) is 10.9. The van der Waals surface area contributed by atoms with Crippen LogP contribution in [0.3, 0.4) is 0 Å². The van der Waals surface area contributed by atoms with E-state index in [0.717, 1.165) is 22.5 Å². The van der Waals surface area contributed by atoms with Gasteiger partial charge in [0.05, 0.1) is 5.69 Å². The minimum atomic E-state index is 0.347. The maximum absolute atomic E-state index is 6.11. The molecule has 2 aromatic carbocycles. The molecule has 0 bridgehead atoms. The highest BCUT2D eigenvalue weighted by atomic mass is 35.5. The maximum Gasteiger partial charge on any atom is 0.217 e. The molecular weight excluding hydrogens is 272 g/mol. The van der Waals surface area contributed by atoms with Gasteiger partial charge in [-0.3, -0.25) is 0 Å². The van der Waals surface area contributed by atoms with Crippen molar-refractivity contribution in [2.75, 3.05) is 7.05 Å². The molecule has 0 aliphatic carbocycles. The predicted molar refractivity (Wildman–Crippen MR) is 82.6 cm³/mol. The first-order chi connectivity index (χ1) is 9.65. The number of nitrogens with zero attached hydrogens (tertiary/aromatic N) is 3. The molecule has 4 nitrogen and oxygen atoms in total. The Morgan fingerprint density at radius 1 is 1.10 bits per heavy atom. The average molecular weight is 285 g/mol. The Morgan fingerprint density at radius 2 is 1.85 bits per heavy atom. The number of hydrogen-bond acceptors (Lipinski definition) is 4. The third kappa shape index (κ3) is 2.26. The molecule has 1 aliphatic heterocycles. The molecule has 0 aromatic heterocycles. The molecular formula is C15H13ClN4. The summed E-state index contributed by atoms with van der Waals surface area (Å²) in [6.45, 7) is 0. The fraction of sp³-hybridized carbons (Fsp3) is 0.0667. The van der Waals surface area contributed by atoms with Crippen LogP contribution in [0.15, 0.2) is 58.6 Å². The number of nitrogens with two attached hydrogens (primary N) is 1. The molecule has 0 saturated heterocycles. The lowest BCUT2D eigenvalue weighted by Crippen LogP contribution is -2.29. The lowest BCUT2D eigenvalue weighted by atomic mass is 10.0. The van der Waals surface area contributed by atoms with Gasteiger partial charge < -0.3 is 5.73 Å². The van der Waals surface area contributed by atoms with Crippen LogP contribution in [0.2, 0.25) is 5.02 Å². The van der Waals surface area contributed by atoms with Gasteiger partial charge in [-0.05, 0) is 18.2 Å². The normalized spacial score (nSPS) is 14.2. The highest BCUT2D eigenvalue weighted by Crippen LogP contribution is 2.28. The van der Waals surface area contributed by atoms with E-state index >= 15 is 0 Å². The zero-order valence-corrected chi connectivity index (χ0v) is 11.7. The number of halogens is 1. The number of rotatable bonds is 1. The van der Waals surface area contributed by atoms with Crippen molar-refractivity contribution in [3.63, 3.8) is 0 Å². The molecule has 0 radical (unpaired) electrons. The standard InChI is InChI=1S/C15H13ClN4/c1-20-15(17)18-13-8-7-11(16)9-12(13)14(19-20)10-5-3-2-4-6-10/h2-9H,1H3,(H2,17,18). The maximum atomic E-state index is 6.11. The molecule has 2 aromatic rings. The molecule has 2 N–H and O–H groups in total. The Labute approximate surface area is 122 Å². The monoisotopic (exact) mass is 284 g/mol. The summed E-state index contributed by atoms with van der Waals surface area (Å²) < 4.78 is 0. The smallest absolute Gasteiger partial charge is 0.217 e. The summed E-state index contributed by atoms with van der Waals surface area (Å²) in [5, 5.41) is 6.76. The van der Waals surface area contributed by atoms with Crippen molar-refractivity contribution in [1.29, 1.82) is 0 Å². The molecule has 3 rings (SSSR count). The van der Waals surface area contributed by atoms with Gasteiger partial charge >= 0.3 is 0 Å². The summed E-state index contributed by atoms with van der Waals surface area (Å²) in [7, 11) is 1.77. The number of aliphatic imine (C=N–C) groups is 1. The molecule has 1 aliphatic rings. The van der Waals surface area contributed by atoms with Crippen LogP contribution in [0.25, 0.3) is 0 Å². The van der Waals surface area contributed by atoms with Crippen LogP contribution in [0.4, 0.5) is 5.69 Å². The third-order valence-electron chi connectivity index (χ3n) is 3.08. The quantitative estimate of drug-likeness (QED) is 0.875. The van der Waals surface area contributed by atoms with Crippen molar-refractivity contribution in [2.24, 2.45) is 15.8 Å². The molecule has 0 saturated carbocycles. The van der Waals surface area contributed by atoms with E-state index in [2.05, 4.69) is 10.1 Å². The lowest BCUT2D eigenvalue weighted by molar-refractivity contribution is 0.540. The fourth-order valence-corrected chi connectivity index (χ4v) is 2.23. The van der Waals surface area contributed by atoms with E-state index in [-0.39, 0.29) is 0 Å². The summed E-state index contributed by atoms with van der Waals surface area (Å²) in [6.07, 6.45) is 0. The molecule has 5 heteroatoms. The molecule has 100 valence electrons. The van der Waals surface area contributed by atoms with Crippen molar-refractivity contribution in [2.45, 2.75) is 0 Å². The van der Waals surface area contributed by atoms with Gasteiger partial charge in [-0.15, -0.1) is 0 Å². The molecule has 0 amide bonds. The van der Waals surface area contributed by atoms with E-state index in [1.165, 1.54) is 0 Å². The molecule has 1 heterocycles. The van der Waals surface area contributed by atoms with Crippen molar-refractivity contribution in [1.82, 2.24) is 5.01 Å². The summed E-state index contributed by atoms with van der Waals surface area (Å²) >= 11 is 6.11. The summed E-state index contributed by atoms with van der Waals surface area (Å²) in [6, 6.07) is 15.4. The predicted octanol–water partition coefficient (Wildman–Crippen LogP) is 2.98. The van der Waals surface area contributed by atoms with E-state index in [1.807, 2.05) is 42.5 Å². The first-order valence-electron chi connectivity index (χ1n) is 6.17. The van der Waals surface area contributed by atoms with Gasteiger partial charge in [0.25, 0.3) is 0 Å². The molecule has 0 unspecified atom stereocenters. The van der Waals surface area contributed by atoms with E-state index in [0.29, 0.717) is 11.0 Å². The second-order valence-corrected chi connectivity index (χ2v) is 4.91. The second-order valence-electron chi connectivity index (χ2n) is 4.47. The number of hydrazone groups is 1. The Bertz CT molecular complexity index is 707. The van der Waals surface area contributed by atoms with E-state index < -0.39 is 0 Å². The topological polar surface area (TPSA) is 54.0 Å². The molecule has 0 atom stereocenters.